The number of amides is 4. The minimum atomic E-state index is -4.79. The Balaban J connectivity index is 1.36. The number of nitrogens with zero attached hydrogens (tertiary/aromatic N) is 2. The van der Waals surface area contributed by atoms with Gasteiger partial charge in [0.2, 0.25) is 17.4 Å². The van der Waals surface area contributed by atoms with Gasteiger partial charge in [0.15, 0.2) is 0 Å². The molecular weight excluding hydrogens is 570 g/mol. The minimum Gasteiger partial charge on any atom is -0.427 e. The Morgan fingerprint density at radius 1 is 1.02 bits per heavy atom. The third kappa shape index (κ3) is 5.81. The Morgan fingerprint density at radius 2 is 1.67 bits per heavy atom. The smallest absolute Gasteiger partial charge is 0.418 e. The van der Waals surface area contributed by atoms with Crippen molar-refractivity contribution < 1.29 is 41.5 Å². The Morgan fingerprint density at radius 3 is 2.30 bits per heavy atom. The van der Waals surface area contributed by atoms with Crippen molar-refractivity contribution in [3.8, 4) is 11.1 Å². The SMILES string of the molecule is CC(=O)Nc1ccc(-c2ccc3c(c2)CCC32OC(=O)N(CC(=O)N(Cc3ccc(F)cc3)[C@@H](C)C(F)(F)F)C2=O)cc1. The Hall–Kier alpha value is -4.74. The summed E-state index contributed by atoms with van der Waals surface area (Å²) in [6.07, 6.45) is -5.42. The van der Waals surface area contributed by atoms with Gasteiger partial charge in [0.05, 0.1) is 0 Å². The molecule has 1 aliphatic heterocycles. The average Bonchev–Trinajstić information content (AvgIpc) is 3.43. The van der Waals surface area contributed by atoms with Gasteiger partial charge in [-0.2, -0.15) is 13.2 Å². The molecule has 12 heteroatoms. The van der Waals surface area contributed by atoms with E-state index >= 15 is 0 Å². The quantitative estimate of drug-likeness (QED) is 0.361. The first-order chi connectivity index (χ1) is 20.3. The topological polar surface area (TPSA) is 96.0 Å². The summed E-state index contributed by atoms with van der Waals surface area (Å²) in [4.78, 5) is 52.1. The lowest BCUT2D eigenvalue weighted by Gasteiger charge is -2.31. The van der Waals surface area contributed by atoms with E-state index in [1.165, 1.54) is 19.1 Å². The maximum absolute atomic E-state index is 13.7. The zero-order valence-corrected chi connectivity index (χ0v) is 23.2. The van der Waals surface area contributed by atoms with E-state index in [1.54, 1.807) is 24.3 Å². The number of hydrogen-bond acceptors (Lipinski definition) is 5. The minimum absolute atomic E-state index is 0.112. The standard InChI is InChI=1S/C31H27F4N3O5/c1-18(31(33,34)35)37(16-20-3-8-24(32)9-4-20)27(40)17-38-28(41)30(43-29(38)42)14-13-23-15-22(7-12-26(23)30)21-5-10-25(11-6-21)36-19(2)39/h3-12,15,18H,13-14,16-17H2,1-2H3,(H,36,39)/t18-,30?/m0/s1. The number of carbonyl (C=O) groups excluding carboxylic acids is 4. The third-order valence-corrected chi connectivity index (χ3v) is 7.72. The number of rotatable bonds is 7. The van der Waals surface area contributed by atoms with Gasteiger partial charge in [-0.05, 0) is 59.9 Å². The first kappa shape index (κ1) is 29.7. The molecule has 0 bridgehead atoms. The van der Waals surface area contributed by atoms with Gasteiger partial charge in [-0.1, -0.05) is 42.5 Å². The lowest BCUT2D eigenvalue weighted by atomic mass is 9.93. The fourth-order valence-electron chi connectivity index (χ4n) is 5.41. The number of halogens is 4. The van der Waals surface area contributed by atoms with E-state index < -0.39 is 54.6 Å². The summed E-state index contributed by atoms with van der Waals surface area (Å²) < 4.78 is 59.9. The van der Waals surface area contributed by atoms with Crippen molar-refractivity contribution in [1.82, 2.24) is 9.80 Å². The molecule has 0 radical (unpaired) electrons. The summed E-state index contributed by atoms with van der Waals surface area (Å²) in [6.45, 7) is 0.741. The maximum atomic E-state index is 13.7. The van der Waals surface area contributed by atoms with Crippen LogP contribution < -0.4 is 5.32 Å². The van der Waals surface area contributed by atoms with Crippen LogP contribution in [0.15, 0.2) is 66.7 Å². The number of benzene rings is 3. The van der Waals surface area contributed by atoms with Crippen LogP contribution in [0.5, 0.6) is 0 Å². The zero-order valence-electron chi connectivity index (χ0n) is 23.2. The van der Waals surface area contributed by atoms with E-state index in [2.05, 4.69) is 5.32 Å². The van der Waals surface area contributed by atoms with Crippen LogP contribution in [0, 0.1) is 5.82 Å². The first-order valence-electron chi connectivity index (χ1n) is 13.5. The number of aryl methyl sites for hydroxylation is 1. The molecule has 1 heterocycles. The number of alkyl halides is 3. The van der Waals surface area contributed by atoms with E-state index in [1.807, 2.05) is 18.2 Å². The van der Waals surface area contributed by atoms with Crippen molar-refractivity contribution in [2.45, 2.75) is 51.1 Å². The Labute approximate surface area is 244 Å². The molecule has 1 saturated heterocycles. The van der Waals surface area contributed by atoms with Gasteiger partial charge in [-0.3, -0.25) is 14.4 Å². The van der Waals surface area contributed by atoms with Crippen LogP contribution >= 0.6 is 0 Å². The molecule has 8 nitrogen and oxygen atoms in total. The van der Waals surface area contributed by atoms with Gasteiger partial charge >= 0.3 is 12.3 Å². The van der Waals surface area contributed by atoms with Crippen molar-refractivity contribution in [3.63, 3.8) is 0 Å². The van der Waals surface area contributed by atoms with Gasteiger partial charge in [-0.25, -0.2) is 14.1 Å². The van der Waals surface area contributed by atoms with Crippen molar-refractivity contribution in [3.05, 3.63) is 89.2 Å². The second kappa shape index (κ2) is 11.2. The fraction of sp³-hybridized carbons (Fsp3) is 0.290. The third-order valence-electron chi connectivity index (χ3n) is 7.72. The molecule has 1 spiro atoms. The predicted molar refractivity (Wildman–Crippen MR) is 147 cm³/mol. The number of fused-ring (bicyclic) bond motifs is 2. The van der Waals surface area contributed by atoms with E-state index in [9.17, 15) is 36.7 Å². The molecule has 0 saturated carbocycles. The highest BCUT2D eigenvalue weighted by molar-refractivity contribution is 6.06. The van der Waals surface area contributed by atoms with Crippen LogP contribution in [0.4, 0.5) is 28.0 Å². The summed E-state index contributed by atoms with van der Waals surface area (Å²) in [5.41, 5.74) is 2.06. The van der Waals surface area contributed by atoms with Crippen LogP contribution in [-0.4, -0.2) is 52.4 Å². The largest absolute Gasteiger partial charge is 0.427 e. The molecule has 43 heavy (non-hydrogen) atoms. The molecule has 1 N–H and O–H groups in total. The fourth-order valence-corrected chi connectivity index (χ4v) is 5.41. The first-order valence-corrected chi connectivity index (χ1v) is 13.5. The highest BCUT2D eigenvalue weighted by Crippen LogP contribution is 2.46. The van der Waals surface area contributed by atoms with E-state index in [0.717, 1.165) is 35.7 Å². The lowest BCUT2D eigenvalue weighted by Crippen LogP contribution is -2.51. The number of nitrogens with one attached hydrogen (secondary N) is 1. The number of imide groups is 1. The molecule has 1 unspecified atom stereocenters. The van der Waals surface area contributed by atoms with Gasteiger partial charge in [-0.15, -0.1) is 0 Å². The van der Waals surface area contributed by atoms with E-state index in [4.69, 9.17) is 4.74 Å². The normalized spacial score (nSPS) is 18.4. The molecule has 1 fully saturated rings. The molecule has 2 aliphatic rings. The average molecular weight is 598 g/mol. The maximum Gasteiger partial charge on any atom is 0.418 e. The summed E-state index contributed by atoms with van der Waals surface area (Å²) in [5.74, 6) is -2.73. The number of hydrogen-bond donors (Lipinski definition) is 1. The molecule has 5 rings (SSSR count). The van der Waals surface area contributed by atoms with Crippen molar-refractivity contribution in [2.24, 2.45) is 0 Å². The van der Waals surface area contributed by atoms with Crippen LogP contribution in [0.1, 0.15) is 37.0 Å². The second-order valence-electron chi connectivity index (χ2n) is 10.6. The van der Waals surface area contributed by atoms with Crippen molar-refractivity contribution in [1.29, 1.82) is 0 Å². The summed E-state index contributed by atoms with van der Waals surface area (Å²) in [7, 11) is 0. The summed E-state index contributed by atoms with van der Waals surface area (Å²) >= 11 is 0. The van der Waals surface area contributed by atoms with E-state index in [0.29, 0.717) is 27.5 Å². The van der Waals surface area contributed by atoms with Crippen LogP contribution in [-0.2, 0) is 37.7 Å². The predicted octanol–water partition coefficient (Wildman–Crippen LogP) is 5.55. The Bertz CT molecular complexity index is 1590. The van der Waals surface area contributed by atoms with Gasteiger partial charge in [0.25, 0.3) is 5.91 Å². The van der Waals surface area contributed by atoms with Crippen molar-refractivity contribution in [2.75, 3.05) is 11.9 Å². The molecule has 3 aromatic rings. The van der Waals surface area contributed by atoms with Gasteiger partial charge in [0.1, 0.15) is 18.4 Å². The van der Waals surface area contributed by atoms with Crippen molar-refractivity contribution >= 4 is 29.5 Å². The monoisotopic (exact) mass is 597 g/mol. The Kier molecular flexibility index (Phi) is 7.72. The number of ether oxygens (including phenoxy) is 1. The molecule has 0 aromatic heterocycles. The summed E-state index contributed by atoms with van der Waals surface area (Å²) in [6, 6.07) is 14.8. The molecule has 4 amide bonds. The lowest BCUT2D eigenvalue weighted by molar-refractivity contribution is -0.187. The van der Waals surface area contributed by atoms with Crippen LogP contribution in [0.25, 0.3) is 11.1 Å². The number of anilines is 1. The highest BCUT2D eigenvalue weighted by atomic mass is 19.4. The highest BCUT2D eigenvalue weighted by Gasteiger charge is 2.58. The van der Waals surface area contributed by atoms with Crippen LogP contribution in [0.3, 0.4) is 0 Å². The molecule has 2 atom stereocenters. The summed E-state index contributed by atoms with van der Waals surface area (Å²) in [5, 5.41) is 2.69. The molecule has 224 valence electrons. The van der Waals surface area contributed by atoms with E-state index in [-0.39, 0.29) is 17.9 Å². The van der Waals surface area contributed by atoms with Crippen LogP contribution in [0.2, 0.25) is 0 Å². The zero-order chi connectivity index (χ0) is 31.1. The van der Waals surface area contributed by atoms with Gasteiger partial charge < -0.3 is 15.0 Å². The second-order valence-corrected chi connectivity index (χ2v) is 10.6. The number of carbonyl (C=O) groups is 4. The van der Waals surface area contributed by atoms with Gasteiger partial charge in [0, 0.05) is 31.1 Å². The molecule has 1 aliphatic carbocycles. The molecular formula is C31H27F4N3O5. The molecule has 3 aromatic carbocycles.